The van der Waals surface area contributed by atoms with Crippen molar-refractivity contribution >= 4 is 17.9 Å². The summed E-state index contributed by atoms with van der Waals surface area (Å²) in [5.74, 6) is 1.79. The molecule has 6 heteroatoms. The second-order valence-corrected chi connectivity index (χ2v) is 13.2. The summed E-state index contributed by atoms with van der Waals surface area (Å²) in [5.41, 5.74) is 0.320. The highest BCUT2D eigenvalue weighted by atomic mass is 16.5. The summed E-state index contributed by atoms with van der Waals surface area (Å²) in [6.07, 6.45) is 9.23. The Morgan fingerprint density at radius 3 is 2.17 bits per heavy atom. The van der Waals surface area contributed by atoms with E-state index >= 15 is 0 Å². The lowest BCUT2D eigenvalue weighted by Gasteiger charge is -2.65. The Labute approximate surface area is 217 Å². The Kier molecular flexibility index (Phi) is 7.84. The molecule has 0 radical (unpaired) electrons. The number of hydrogen-bond acceptors (Lipinski definition) is 5. The van der Waals surface area contributed by atoms with Gasteiger partial charge in [-0.25, -0.2) is 0 Å². The van der Waals surface area contributed by atoms with Crippen LogP contribution < -0.4 is 0 Å². The largest absolute Gasteiger partial charge is 0.481 e. The highest BCUT2D eigenvalue weighted by molar-refractivity contribution is 5.67. The Bertz CT molecular complexity index is 854. The molecule has 36 heavy (non-hydrogen) atoms. The number of ether oxygens (including phenoxy) is 2. The number of rotatable bonds is 7. The van der Waals surface area contributed by atoms with Crippen LogP contribution in [-0.2, 0) is 23.9 Å². The molecule has 4 aliphatic rings. The van der Waals surface area contributed by atoms with E-state index in [1.165, 1.54) is 13.3 Å². The van der Waals surface area contributed by atoms with Crippen LogP contribution in [0.25, 0.3) is 0 Å². The fraction of sp³-hybridized carbons (Fsp3) is 0.900. The summed E-state index contributed by atoms with van der Waals surface area (Å²) in [7, 11) is 0. The van der Waals surface area contributed by atoms with Gasteiger partial charge in [-0.3, -0.25) is 14.4 Å². The van der Waals surface area contributed by atoms with Crippen molar-refractivity contribution < 1.29 is 29.0 Å². The topological polar surface area (TPSA) is 89.9 Å². The first-order valence-electron chi connectivity index (χ1n) is 14.5. The Morgan fingerprint density at radius 1 is 0.917 bits per heavy atom. The maximum Gasteiger partial charge on any atom is 0.303 e. The van der Waals surface area contributed by atoms with E-state index in [0.717, 1.165) is 51.4 Å². The molecule has 4 aliphatic carbocycles. The fourth-order valence-corrected chi connectivity index (χ4v) is 10.1. The molecule has 11 atom stereocenters. The second-order valence-electron chi connectivity index (χ2n) is 13.2. The number of carboxylic acids is 1. The minimum Gasteiger partial charge on any atom is -0.481 e. The standard InChI is InChI=1S/C30H48O6/c1-7-21-25-16-20(35-18(3)31)12-14-30(25,6)24-13-15-29(5)22(17(2)8-11-26(33)34)9-10-23(29)27(24)28(21)36-19(4)32/h17,20-25,27-28H,7-16H2,1-6H3,(H,33,34)/t17-,20-,21-,22?,23+,24+,25?,27+,28-,29?,30?/m1/s1. The molecule has 0 aromatic heterocycles. The van der Waals surface area contributed by atoms with Gasteiger partial charge in [0.25, 0.3) is 0 Å². The van der Waals surface area contributed by atoms with Gasteiger partial charge >= 0.3 is 17.9 Å². The maximum atomic E-state index is 12.4. The molecule has 0 saturated heterocycles. The maximum absolute atomic E-state index is 12.4. The van der Waals surface area contributed by atoms with Gasteiger partial charge in [0.15, 0.2) is 0 Å². The van der Waals surface area contributed by atoms with E-state index in [0.29, 0.717) is 35.5 Å². The molecule has 4 saturated carbocycles. The molecule has 204 valence electrons. The number of aliphatic carboxylic acids is 1. The van der Waals surface area contributed by atoms with Gasteiger partial charge in [0, 0.05) is 26.2 Å². The molecule has 0 amide bonds. The molecule has 1 N–H and O–H groups in total. The molecule has 4 unspecified atom stereocenters. The van der Waals surface area contributed by atoms with E-state index in [1.54, 1.807) is 6.92 Å². The minimum atomic E-state index is -0.707. The summed E-state index contributed by atoms with van der Waals surface area (Å²) < 4.78 is 12.0. The normalized spacial score (nSPS) is 44.5. The zero-order chi connectivity index (χ0) is 26.4. The second kappa shape index (κ2) is 10.3. The van der Waals surface area contributed by atoms with E-state index < -0.39 is 5.97 Å². The SMILES string of the molecule is CC[C@@H]1C2C[C@H](OC(C)=O)CCC2(C)[C@H]2CCC3(C)C([C@H](C)CCC(=O)O)CC[C@H]3[C@@H]2[C@@H]1OC(C)=O. The predicted molar refractivity (Wildman–Crippen MR) is 137 cm³/mol. The highest BCUT2D eigenvalue weighted by Gasteiger charge is 2.66. The molecule has 4 rings (SSSR count). The number of carboxylic acid groups (broad SMARTS) is 1. The van der Waals surface area contributed by atoms with Gasteiger partial charge < -0.3 is 14.6 Å². The van der Waals surface area contributed by atoms with Crippen LogP contribution in [0.5, 0.6) is 0 Å². The van der Waals surface area contributed by atoms with Gasteiger partial charge in [-0.15, -0.1) is 0 Å². The van der Waals surface area contributed by atoms with Gasteiger partial charge in [-0.05, 0) is 104 Å². The predicted octanol–water partition coefficient (Wildman–Crippen LogP) is 6.26. The summed E-state index contributed by atoms with van der Waals surface area (Å²) in [6, 6.07) is 0. The summed E-state index contributed by atoms with van der Waals surface area (Å²) in [5, 5.41) is 9.26. The molecule has 0 aromatic rings. The van der Waals surface area contributed by atoms with Crippen LogP contribution in [-0.4, -0.2) is 35.2 Å². The van der Waals surface area contributed by atoms with Crippen LogP contribution in [0.2, 0.25) is 0 Å². The lowest BCUT2D eigenvalue weighted by molar-refractivity contribution is -0.219. The third-order valence-electron chi connectivity index (χ3n) is 11.5. The molecule has 0 bridgehead atoms. The Hall–Kier alpha value is -1.59. The van der Waals surface area contributed by atoms with Crippen molar-refractivity contribution in [1.82, 2.24) is 0 Å². The number of fused-ring (bicyclic) bond motifs is 5. The average Bonchev–Trinajstić information content (AvgIpc) is 3.15. The molecule has 0 spiro atoms. The number of carbonyl (C=O) groups excluding carboxylic acids is 2. The Morgan fingerprint density at radius 2 is 1.56 bits per heavy atom. The quantitative estimate of drug-likeness (QED) is 0.412. The number of carbonyl (C=O) groups is 3. The van der Waals surface area contributed by atoms with Gasteiger partial charge in [0.2, 0.25) is 0 Å². The van der Waals surface area contributed by atoms with E-state index in [9.17, 15) is 19.5 Å². The van der Waals surface area contributed by atoms with Gasteiger partial charge in [-0.1, -0.05) is 27.7 Å². The average molecular weight is 505 g/mol. The molecule has 4 fully saturated rings. The van der Waals surface area contributed by atoms with Crippen LogP contribution in [0.15, 0.2) is 0 Å². The van der Waals surface area contributed by atoms with Crippen LogP contribution >= 0.6 is 0 Å². The zero-order valence-corrected chi connectivity index (χ0v) is 23.3. The summed E-state index contributed by atoms with van der Waals surface area (Å²) in [4.78, 5) is 35.4. The summed E-state index contributed by atoms with van der Waals surface area (Å²) in [6.45, 7) is 12.5. The van der Waals surface area contributed by atoms with Gasteiger partial charge in [0.1, 0.15) is 12.2 Å². The van der Waals surface area contributed by atoms with Crippen LogP contribution in [0.4, 0.5) is 0 Å². The number of esters is 2. The lowest BCUT2D eigenvalue weighted by Crippen LogP contribution is -2.63. The molecular formula is C30H48O6. The third-order valence-corrected chi connectivity index (χ3v) is 11.5. The van der Waals surface area contributed by atoms with Crippen molar-refractivity contribution in [3.63, 3.8) is 0 Å². The molecule has 0 aromatic carbocycles. The van der Waals surface area contributed by atoms with Gasteiger partial charge in [-0.2, -0.15) is 0 Å². The first kappa shape index (κ1) is 27.4. The smallest absolute Gasteiger partial charge is 0.303 e. The third kappa shape index (κ3) is 4.71. The van der Waals surface area contributed by atoms with Crippen molar-refractivity contribution in [3.05, 3.63) is 0 Å². The van der Waals surface area contributed by atoms with Crippen LogP contribution in [0, 0.1) is 52.3 Å². The van der Waals surface area contributed by atoms with E-state index in [-0.39, 0.29) is 47.3 Å². The van der Waals surface area contributed by atoms with Crippen molar-refractivity contribution in [2.75, 3.05) is 0 Å². The molecule has 6 nitrogen and oxygen atoms in total. The Balaban J connectivity index is 1.67. The van der Waals surface area contributed by atoms with Crippen molar-refractivity contribution in [1.29, 1.82) is 0 Å². The molecular weight excluding hydrogens is 456 g/mol. The first-order chi connectivity index (χ1) is 16.9. The van der Waals surface area contributed by atoms with Crippen LogP contribution in [0.1, 0.15) is 106 Å². The fourth-order valence-electron chi connectivity index (χ4n) is 10.1. The van der Waals surface area contributed by atoms with Gasteiger partial charge in [0.05, 0.1) is 0 Å². The monoisotopic (exact) mass is 504 g/mol. The van der Waals surface area contributed by atoms with E-state index in [4.69, 9.17) is 9.47 Å². The van der Waals surface area contributed by atoms with Crippen molar-refractivity contribution in [2.24, 2.45) is 52.3 Å². The zero-order valence-electron chi connectivity index (χ0n) is 23.3. The molecule has 0 aliphatic heterocycles. The summed E-state index contributed by atoms with van der Waals surface area (Å²) >= 11 is 0. The van der Waals surface area contributed by atoms with Crippen molar-refractivity contribution in [2.45, 2.75) is 118 Å². The lowest BCUT2D eigenvalue weighted by atomic mass is 9.41. The van der Waals surface area contributed by atoms with Crippen LogP contribution in [0.3, 0.4) is 0 Å². The molecule has 0 heterocycles. The highest BCUT2D eigenvalue weighted by Crippen LogP contribution is 2.70. The van der Waals surface area contributed by atoms with E-state index in [1.807, 2.05) is 0 Å². The minimum absolute atomic E-state index is 0.0380. The first-order valence-corrected chi connectivity index (χ1v) is 14.5. The van der Waals surface area contributed by atoms with E-state index in [2.05, 4.69) is 27.7 Å². The number of hydrogen-bond donors (Lipinski definition) is 1. The van der Waals surface area contributed by atoms with Crippen molar-refractivity contribution in [3.8, 4) is 0 Å².